The predicted molar refractivity (Wildman–Crippen MR) is 63.7 cm³/mol. The predicted octanol–water partition coefficient (Wildman–Crippen LogP) is 2.69. The summed E-state index contributed by atoms with van der Waals surface area (Å²) in [5.41, 5.74) is 1.77. The first-order valence-electron chi connectivity index (χ1n) is 5.47. The highest BCUT2D eigenvalue weighted by Gasteiger charge is 2.20. The summed E-state index contributed by atoms with van der Waals surface area (Å²) in [5.74, 6) is 0.831. The summed E-state index contributed by atoms with van der Waals surface area (Å²) in [4.78, 5) is 11.0. The van der Waals surface area contributed by atoms with E-state index in [2.05, 4.69) is 15.4 Å². The van der Waals surface area contributed by atoms with Gasteiger partial charge in [-0.3, -0.25) is 5.32 Å². The number of hydrogen-bond acceptors (Lipinski definition) is 3. The molecule has 0 unspecified atom stereocenters. The van der Waals surface area contributed by atoms with E-state index in [4.69, 9.17) is 0 Å². The number of rotatable bonds is 4. The molecule has 86 valence electrons. The monoisotopic (exact) mass is 220 g/mol. The van der Waals surface area contributed by atoms with E-state index in [1.54, 1.807) is 0 Å². The maximum Gasteiger partial charge on any atom is 0.411 e. The topological polar surface area (TPSA) is 50.4 Å². The third-order valence-corrected chi connectivity index (χ3v) is 2.59. The van der Waals surface area contributed by atoms with Crippen LogP contribution in [0.25, 0.3) is 0 Å². The fourth-order valence-electron chi connectivity index (χ4n) is 1.46. The van der Waals surface area contributed by atoms with E-state index in [0.717, 1.165) is 23.8 Å². The number of benzene rings is 1. The fraction of sp³-hybridized carbons (Fsp3) is 0.417. The van der Waals surface area contributed by atoms with Gasteiger partial charge in [0, 0.05) is 17.9 Å². The van der Waals surface area contributed by atoms with E-state index in [1.807, 2.05) is 24.3 Å². The van der Waals surface area contributed by atoms with Crippen LogP contribution >= 0.6 is 0 Å². The molecule has 4 nitrogen and oxygen atoms in total. The zero-order chi connectivity index (χ0) is 11.4. The number of carbonyl (C=O) groups excluding carboxylic acids is 1. The molecule has 0 bridgehead atoms. The van der Waals surface area contributed by atoms with Crippen LogP contribution in [-0.2, 0) is 4.74 Å². The Morgan fingerprint density at radius 3 is 2.88 bits per heavy atom. The molecule has 0 aliphatic heterocycles. The minimum Gasteiger partial charge on any atom is -0.453 e. The largest absolute Gasteiger partial charge is 0.453 e. The average Bonchev–Trinajstić information content (AvgIpc) is 3.10. The van der Waals surface area contributed by atoms with Gasteiger partial charge in [0.05, 0.1) is 7.11 Å². The van der Waals surface area contributed by atoms with Gasteiger partial charge >= 0.3 is 6.09 Å². The van der Waals surface area contributed by atoms with Crippen molar-refractivity contribution < 1.29 is 9.53 Å². The number of amides is 1. The van der Waals surface area contributed by atoms with Gasteiger partial charge in [-0.1, -0.05) is 6.07 Å². The highest BCUT2D eigenvalue weighted by molar-refractivity contribution is 5.85. The van der Waals surface area contributed by atoms with Gasteiger partial charge in [-0.05, 0) is 37.0 Å². The Balaban J connectivity index is 1.92. The summed E-state index contributed by atoms with van der Waals surface area (Å²) < 4.78 is 4.53. The number of anilines is 2. The first-order valence-corrected chi connectivity index (χ1v) is 5.47. The van der Waals surface area contributed by atoms with E-state index >= 15 is 0 Å². The molecule has 1 aromatic rings. The van der Waals surface area contributed by atoms with Crippen LogP contribution in [-0.4, -0.2) is 19.7 Å². The Labute approximate surface area is 95.0 Å². The molecule has 2 N–H and O–H groups in total. The van der Waals surface area contributed by atoms with Gasteiger partial charge in [0.25, 0.3) is 0 Å². The standard InChI is InChI=1S/C12H16N2O2/c1-16-12(15)14-11-4-2-3-10(7-11)13-8-9-5-6-9/h2-4,7,9,13H,5-6,8H2,1H3,(H,14,15). The number of methoxy groups -OCH3 is 1. The van der Waals surface area contributed by atoms with E-state index in [-0.39, 0.29) is 0 Å². The van der Waals surface area contributed by atoms with Crippen LogP contribution in [0.15, 0.2) is 24.3 Å². The van der Waals surface area contributed by atoms with Crippen molar-refractivity contribution in [2.75, 3.05) is 24.3 Å². The van der Waals surface area contributed by atoms with Gasteiger partial charge < -0.3 is 10.1 Å². The molecule has 0 atom stereocenters. The van der Waals surface area contributed by atoms with Crippen LogP contribution in [0.5, 0.6) is 0 Å². The van der Waals surface area contributed by atoms with E-state index in [0.29, 0.717) is 0 Å². The summed E-state index contributed by atoms with van der Waals surface area (Å²) in [6.07, 6.45) is 2.21. The number of nitrogens with one attached hydrogen (secondary N) is 2. The van der Waals surface area contributed by atoms with Crippen molar-refractivity contribution in [3.63, 3.8) is 0 Å². The van der Waals surface area contributed by atoms with Gasteiger partial charge in [-0.25, -0.2) is 4.79 Å². The Morgan fingerprint density at radius 2 is 2.19 bits per heavy atom. The SMILES string of the molecule is COC(=O)Nc1cccc(NCC2CC2)c1. The summed E-state index contributed by atoms with van der Waals surface area (Å²) in [5, 5.41) is 5.98. The van der Waals surface area contributed by atoms with Crippen molar-refractivity contribution in [1.29, 1.82) is 0 Å². The maximum absolute atomic E-state index is 11.0. The van der Waals surface area contributed by atoms with Crippen LogP contribution in [0.2, 0.25) is 0 Å². The van der Waals surface area contributed by atoms with E-state index in [1.165, 1.54) is 20.0 Å². The second-order valence-corrected chi connectivity index (χ2v) is 4.02. The zero-order valence-electron chi connectivity index (χ0n) is 9.32. The second-order valence-electron chi connectivity index (χ2n) is 4.02. The Hall–Kier alpha value is -1.71. The lowest BCUT2D eigenvalue weighted by molar-refractivity contribution is 0.187. The molecule has 1 aliphatic rings. The smallest absolute Gasteiger partial charge is 0.411 e. The van der Waals surface area contributed by atoms with Crippen LogP contribution < -0.4 is 10.6 Å². The molecule has 1 saturated carbocycles. The van der Waals surface area contributed by atoms with Crippen LogP contribution in [0.1, 0.15) is 12.8 Å². The van der Waals surface area contributed by atoms with Crippen molar-refractivity contribution in [3.05, 3.63) is 24.3 Å². The summed E-state index contributed by atoms with van der Waals surface area (Å²) in [6.45, 7) is 1.02. The van der Waals surface area contributed by atoms with Crippen LogP contribution in [0.4, 0.5) is 16.2 Å². The van der Waals surface area contributed by atoms with Crippen molar-refractivity contribution in [2.24, 2.45) is 5.92 Å². The molecule has 16 heavy (non-hydrogen) atoms. The summed E-state index contributed by atoms with van der Waals surface area (Å²) >= 11 is 0. The minimum atomic E-state index is -0.445. The van der Waals surface area contributed by atoms with Crippen LogP contribution in [0, 0.1) is 5.92 Å². The van der Waals surface area contributed by atoms with Gasteiger partial charge in [0.2, 0.25) is 0 Å². The molecule has 0 aromatic heterocycles. The third kappa shape index (κ3) is 3.15. The molecule has 0 spiro atoms. The Morgan fingerprint density at radius 1 is 1.44 bits per heavy atom. The van der Waals surface area contributed by atoms with E-state index in [9.17, 15) is 4.79 Å². The highest BCUT2D eigenvalue weighted by Crippen LogP contribution is 2.29. The number of ether oxygens (including phenoxy) is 1. The minimum absolute atomic E-state index is 0.445. The number of carbonyl (C=O) groups is 1. The van der Waals surface area contributed by atoms with Gasteiger partial charge in [-0.2, -0.15) is 0 Å². The first-order chi connectivity index (χ1) is 7.78. The van der Waals surface area contributed by atoms with Crippen molar-refractivity contribution in [2.45, 2.75) is 12.8 Å². The van der Waals surface area contributed by atoms with Crippen molar-refractivity contribution >= 4 is 17.5 Å². The average molecular weight is 220 g/mol. The molecular formula is C12H16N2O2. The molecule has 1 aliphatic carbocycles. The Kier molecular flexibility index (Phi) is 3.29. The normalized spacial score (nSPS) is 14.3. The molecule has 0 radical (unpaired) electrons. The lowest BCUT2D eigenvalue weighted by atomic mass is 10.2. The molecular weight excluding hydrogens is 204 g/mol. The highest BCUT2D eigenvalue weighted by atomic mass is 16.5. The fourth-order valence-corrected chi connectivity index (χ4v) is 1.46. The number of hydrogen-bond donors (Lipinski definition) is 2. The van der Waals surface area contributed by atoms with Gasteiger partial charge in [0.1, 0.15) is 0 Å². The molecule has 1 fully saturated rings. The third-order valence-electron chi connectivity index (χ3n) is 2.59. The molecule has 0 heterocycles. The zero-order valence-corrected chi connectivity index (χ0v) is 9.32. The van der Waals surface area contributed by atoms with E-state index < -0.39 is 6.09 Å². The van der Waals surface area contributed by atoms with Crippen LogP contribution in [0.3, 0.4) is 0 Å². The molecule has 2 rings (SSSR count). The summed E-state index contributed by atoms with van der Waals surface area (Å²) in [7, 11) is 1.35. The lowest BCUT2D eigenvalue weighted by Crippen LogP contribution is -2.11. The van der Waals surface area contributed by atoms with Crippen molar-refractivity contribution in [1.82, 2.24) is 0 Å². The molecule has 1 aromatic carbocycles. The Bertz CT molecular complexity index is 375. The lowest BCUT2D eigenvalue weighted by Gasteiger charge is -2.08. The quantitative estimate of drug-likeness (QED) is 0.820. The summed E-state index contributed by atoms with van der Waals surface area (Å²) in [6, 6.07) is 7.63. The van der Waals surface area contributed by atoms with Gasteiger partial charge in [-0.15, -0.1) is 0 Å². The van der Waals surface area contributed by atoms with Crippen molar-refractivity contribution in [3.8, 4) is 0 Å². The first kappa shape index (κ1) is 10.8. The molecule has 1 amide bonds. The molecule has 0 saturated heterocycles. The second kappa shape index (κ2) is 4.88. The molecule has 4 heteroatoms. The maximum atomic E-state index is 11.0. The van der Waals surface area contributed by atoms with Gasteiger partial charge in [0.15, 0.2) is 0 Å².